The van der Waals surface area contributed by atoms with Crippen molar-refractivity contribution in [3.05, 3.63) is 65.9 Å². The van der Waals surface area contributed by atoms with Gasteiger partial charge in [0.05, 0.1) is 34.8 Å². The number of allylic oxidation sites excluding steroid dienone is 1. The van der Waals surface area contributed by atoms with Crippen LogP contribution in [0.15, 0.2) is 54.6 Å². The van der Waals surface area contributed by atoms with Crippen molar-refractivity contribution in [2.24, 2.45) is 0 Å². The molecule has 1 aromatic heterocycles. The highest BCUT2D eigenvalue weighted by atomic mass is 35.5. The van der Waals surface area contributed by atoms with Crippen LogP contribution in [0, 0.1) is 11.3 Å². The Bertz CT molecular complexity index is 1150. The Labute approximate surface area is 186 Å². The van der Waals surface area contributed by atoms with Gasteiger partial charge in [0.25, 0.3) is 0 Å². The number of para-hydroxylation sites is 1. The van der Waals surface area contributed by atoms with Crippen LogP contribution in [-0.2, 0) is 11.2 Å². The van der Waals surface area contributed by atoms with Crippen molar-refractivity contribution in [1.29, 1.82) is 5.26 Å². The number of halogens is 1. The molecule has 1 heterocycles. The van der Waals surface area contributed by atoms with E-state index in [0.29, 0.717) is 52.3 Å². The van der Waals surface area contributed by atoms with Crippen LogP contribution in [0.25, 0.3) is 10.9 Å². The number of pyridine rings is 1. The molecular formula is C24H23ClN4O2. The van der Waals surface area contributed by atoms with Crippen LogP contribution in [-0.4, -0.2) is 23.4 Å². The van der Waals surface area contributed by atoms with Crippen LogP contribution in [0.4, 0.5) is 17.1 Å². The van der Waals surface area contributed by atoms with Gasteiger partial charge in [0.2, 0.25) is 5.91 Å². The number of rotatable bonds is 8. The number of carbonyl (C=O) groups excluding carboxylic acids is 1. The number of ether oxygens (including phenoxy) is 1. The molecule has 0 spiro atoms. The number of nitrogens with zero attached hydrogens (tertiary/aromatic N) is 2. The molecule has 6 nitrogen and oxygen atoms in total. The molecule has 0 saturated carbocycles. The molecule has 0 atom stereocenters. The number of fused-ring (bicyclic) bond motifs is 1. The first-order valence-electron chi connectivity index (χ1n) is 10.00. The molecule has 158 valence electrons. The summed E-state index contributed by atoms with van der Waals surface area (Å²) in [6, 6.07) is 15.5. The lowest BCUT2D eigenvalue weighted by Gasteiger charge is -2.17. The van der Waals surface area contributed by atoms with Gasteiger partial charge in [-0.25, -0.2) is 0 Å². The monoisotopic (exact) mass is 434 g/mol. The number of alkyl halides is 1. The molecule has 2 aromatic carbocycles. The fraction of sp³-hybridized carbons (Fsp3) is 0.208. The molecule has 3 rings (SSSR count). The average molecular weight is 435 g/mol. The van der Waals surface area contributed by atoms with Crippen molar-refractivity contribution in [2.75, 3.05) is 23.1 Å². The number of aryl methyl sites for hydroxylation is 1. The summed E-state index contributed by atoms with van der Waals surface area (Å²) in [7, 11) is 0. The molecule has 0 bridgehead atoms. The maximum Gasteiger partial charge on any atom is 0.248 e. The van der Waals surface area contributed by atoms with Crippen LogP contribution in [0.2, 0.25) is 0 Å². The van der Waals surface area contributed by atoms with Gasteiger partial charge in [0, 0.05) is 29.1 Å². The summed E-state index contributed by atoms with van der Waals surface area (Å²) in [5.41, 5.74) is 3.82. The largest absolute Gasteiger partial charge is 0.492 e. The highest BCUT2D eigenvalue weighted by Gasteiger charge is 2.18. The predicted octanol–water partition coefficient (Wildman–Crippen LogP) is 5.54. The lowest BCUT2D eigenvalue weighted by Crippen LogP contribution is -2.10. The molecular weight excluding hydrogens is 412 g/mol. The number of nitrogens with one attached hydrogen (secondary N) is 2. The van der Waals surface area contributed by atoms with Gasteiger partial charge in [-0.05, 0) is 31.5 Å². The Kier molecular flexibility index (Phi) is 7.47. The van der Waals surface area contributed by atoms with E-state index in [2.05, 4.69) is 16.7 Å². The van der Waals surface area contributed by atoms with Crippen LogP contribution in [0.5, 0.6) is 5.75 Å². The third-order valence-corrected chi connectivity index (χ3v) is 4.75. The third kappa shape index (κ3) is 5.14. The van der Waals surface area contributed by atoms with Gasteiger partial charge in [0.1, 0.15) is 11.8 Å². The van der Waals surface area contributed by atoms with E-state index in [1.54, 1.807) is 18.2 Å². The molecule has 1 amide bonds. The van der Waals surface area contributed by atoms with Gasteiger partial charge in [-0.1, -0.05) is 31.2 Å². The molecule has 7 heteroatoms. The summed E-state index contributed by atoms with van der Waals surface area (Å²) in [5.74, 6) is 0.425. The molecule has 31 heavy (non-hydrogen) atoms. The molecule has 0 aliphatic rings. The van der Waals surface area contributed by atoms with Crippen LogP contribution in [0.1, 0.15) is 25.1 Å². The second-order valence-corrected chi connectivity index (χ2v) is 6.92. The number of aromatic nitrogens is 1. The highest BCUT2D eigenvalue weighted by molar-refractivity contribution is 6.19. The summed E-state index contributed by atoms with van der Waals surface area (Å²) < 4.78 is 5.75. The molecule has 2 N–H and O–H groups in total. The molecule has 0 radical (unpaired) electrons. The molecule has 0 aliphatic carbocycles. The second kappa shape index (κ2) is 10.5. The third-order valence-electron chi connectivity index (χ3n) is 4.57. The normalized spacial score (nSPS) is 10.8. The number of amides is 1. The maximum absolute atomic E-state index is 12.3. The molecule has 3 aromatic rings. The van der Waals surface area contributed by atoms with E-state index in [9.17, 15) is 10.1 Å². The van der Waals surface area contributed by atoms with Crippen molar-refractivity contribution in [1.82, 2.24) is 4.98 Å². The Balaban J connectivity index is 2.22. The lowest BCUT2D eigenvalue weighted by atomic mass is 10.0. The number of carbonyl (C=O) groups is 1. The van der Waals surface area contributed by atoms with E-state index >= 15 is 0 Å². The van der Waals surface area contributed by atoms with Gasteiger partial charge in [0.15, 0.2) is 0 Å². The van der Waals surface area contributed by atoms with E-state index in [1.165, 1.54) is 6.08 Å². The SMILES string of the molecule is CCOc1cc2nc(CC)c(C#N)c(Nc3ccccc3)c2cc1NC(=O)/C=C/CCl. The zero-order valence-corrected chi connectivity index (χ0v) is 18.2. The number of hydrogen-bond acceptors (Lipinski definition) is 5. The quantitative estimate of drug-likeness (QED) is 0.358. The number of hydrogen-bond donors (Lipinski definition) is 2. The Morgan fingerprint density at radius 3 is 2.68 bits per heavy atom. The van der Waals surface area contributed by atoms with Crippen molar-refractivity contribution >= 4 is 45.5 Å². The second-order valence-electron chi connectivity index (χ2n) is 6.61. The average Bonchev–Trinajstić information content (AvgIpc) is 2.79. The molecule has 0 saturated heterocycles. The van der Waals surface area contributed by atoms with Crippen molar-refractivity contribution in [3.63, 3.8) is 0 Å². The van der Waals surface area contributed by atoms with E-state index in [1.807, 2.05) is 44.2 Å². The summed E-state index contributed by atoms with van der Waals surface area (Å²) in [4.78, 5) is 17.0. The zero-order valence-electron chi connectivity index (χ0n) is 17.4. The first-order valence-corrected chi connectivity index (χ1v) is 10.5. The Morgan fingerprint density at radius 2 is 2.03 bits per heavy atom. The summed E-state index contributed by atoms with van der Waals surface area (Å²) >= 11 is 5.63. The molecule has 0 unspecified atom stereocenters. The molecule has 0 fully saturated rings. The summed E-state index contributed by atoms with van der Waals surface area (Å²) in [5, 5.41) is 16.8. The topological polar surface area (TPSA) is 87.0 Å². The molecule has 0 aliphatic heterocycles. The van der Waals surface area contributed by atoms with Gasteiger partial charge in [-0.2, -0.15) is 5.26 Å². The fourth-order valence-electron chi connectivity index (χ4n) is 3.21. The smallest absolute Gasteiger partial charge is 0.248 e. The number of anilines is 3. The maximum atomic E-state index is 12.3. The van der Waals surface area contributed by atoms with Gasteiger partial charge in [-0.3, -0.25) is 9.78 Å². The summed E-state index contributed by atoms with van der Waals surface area (Å²) in [6.07, 6.45) is 3.53. The van der Waals surface area contributed by atoms with E-state index in [4.69, 9.17) is 21.3 Å². The summed E-state index contributed by atoms with van der Waals surface area (Å²) in [6.45, 7) is 4.26. The van der Waals surface area contributed by atoms with Crippen molar-refractivity contribution < 1.29 is 9.53 Å². The van der Waals surface area contributed by atoms with Gasteiger partial charge >= 0.3 is 0 Å². The first-order chi connectivity index (χ1) is 15.1. The van der Waals surface area contributed by atoms with Crippen LogP contribution >= 0.6 is 11.6 Å². The van der Waals surface area contributed by atoms with Crippen LogP contribution in [0.3, 0.4) is 0 Å². The number of benzene rings is 2. The minimum absolute atomic E-state index is 0.240. The standard InChI is InChI=1S/C24H23ClN4O2/c1-3-19-18(15-26)24(27-16-9-6-5-7-10-16)17-13-21(29-23(30)11-8-12-25)22(31-4-2)14-20(17)28-19/h5-11,13-14H,3-4,12H2,1-2H3,(H,27,28)(H,29,30)/b11-8+. The van der Waals surface area contributed by atoms with E-state index < -0.39 is 0 Å². The minimum Gasteiger partial charge on any atom is -0.492 e. The van der Waals surface area contributed by atoms with E-state index in [0.717, 1.165) is 5.69 Å². The van der Waals surface area contributed by atoms with Crippen molar-refractivity contribution in [2.45, 2.75) is 20.3 Å². The van der Waals surface area contributed by atoms with Crippen LogP contribution < -0.4 is 15.4 Å². The Morgan fingerprint density at radius 1 is 1.26 bits per heavy atom. The highest BCUT2D eigenvalue weighted by Crippen LogP contribution is 2.37. The fourth-order valence-corrected chi connectivity index (χ4v) is 3.30. The predicted molar refractivity (Wildman–Crippen MR) is 125 cm³/mol. The number of nitriles is 1. The van der Waals surface area contributed by atoms with Crippen molar-refractivity contribution in [3.8, 4) is 11.8 Å². The van der Waals surface area contributed by atoms with E-state index in [-0.39, 0.29) is 11.8 Å². The van der Waals surface area contributed by atoms with Gasteiger partial charge < -0.3 is 15.4 Å². The minimum atomic E-state index is -0.322. The first kappa shape index (κ1) is 22.1. The Hall–Kier alpha value is -3.56. The lowest BCUT2D eigenvalue weighted by molar-refractivity contribution is -0.111. The van der Waals surface area contributed by atoms with Gasteiger partial charge in [-0.15, -0.1) is 11.6 Å². The zero-order chi connectivity index (χ0) is 22.2.